The highest BCUT2D eigenvalue weighted by atomic mass is 16.6. The van der Waals surface area contributed by atoms with Crippen LogP contribution in [0.5, 0.6) is 11.5 Å². The monoisotopic (exact) mass is 320 g/mol. The van der Waals surface area contributed by atoms with Crippen molar-refractivity contribution in [2.24, 2.45) is 5.92 Å². The summed E-state index contributed by atoms with van der Waals surface area (Å²) in [6, 6.07) is 1.72. The van der Waals surface area contributed by atoms with Crippen molar-refractivity contribution in [3.05, 3.63) is 22.8 Å². The Morgan fingerprint density at radius 2 is 2.09 bits per heavy atom. The lowest BCUT2D eigenvalue weighted by atomic mass is 9.60. The van der Waals surface area contributed by atoms with Crippen LogP contribution >= 0.6 is 0 Å². The molecule has 2 aliphatic rings. The predicted molar refractivity (Wildman–Crippen MR) is 84.9 cm³/mol. The summed E-state index contributed by atoms with van der Waals surface area (Å²) in [5, 5.41) is 31.0. The number of phenols is 1. The minimum Gasteiger partial charge on any atom is -0.504 e. The number of carbonyl (C=O) groups excluding carboxylic acids is 1. The van der Waals surface area contributed by atoms with E-state index in [1.165, 1.54) is 0 Å². The molecule has 5 nitrogen and oxygen atoms in total. The van der Waals surface area contributed by atoms with Crippen LogP contribution in [0, 0.1) is 5.92 Å². The molecule has 0 amide bonds. The van der Waals surface area contributed by atoms with E-state index in [-0.39, 0.29) is 23.3 Å². The van der Waals surface area contributed by atoms with Gasteiger partial charge in [0.2, 0.25) is 6.29 Å². The largest absolute Gasteiger partial charge is 0.504 e. The fourth-order valence-corrected chi connectivity index (χ4v) is 4.19. The van der Waals surface area contributed by atoms with Gasteiger partial charge in [-0.3, -0.25) is 4.79 Å². The average Bonchev–Trinajstić information content (AvgIpc) is 2.50. The van der Waals surface area contributed by atoms with Crippen molar-refractivity contribution >= 4 is 6.29 Å². The van der Waals surface area contributed by atoms with E-state index in [4.69, 9.17) is 4.74 Å². The third-order valence-electron chi connectivity index (χ3n) is 5.56. The van der Waals surface area contributed by atoms with Crippen LogP contribution in [0.3, 0.4) is 0 Å². The number of hydrogen-bond donors (Lipinski definition) is 3. The molecule has 0 radical (unpaired) electrons. The van der Waals surface area contributed by atoms with Gasteiger partial charge in [0.1, 0.15) is 0 Å². The molecule has 1 aliphatic heterocycles. The lowest BCUT2D eigenvalue weighted by Crippen LogP contribution is -2.51. The van der Waals surface area contributed by atoms with Gasteiger partial charge in [-0.05, 0) is 31.2 Å². The fourth-order valence-electron chi connectivity index (χ4n) is 4.19. The van der Waals surface area contributed by atoms with Crippen molar-refractivity contribution < 1.29 is 24.9 Å². The molecule has 1 heterocycles. The molecule has 1 aromatic rings. The first kappa shape index (κ1) is 16.3. The summed E-state index contributed by atoms with van der Waals surface area (Å²) in [5.74, 6) is -0.0495. The molecular formula is C18H24O5. The van der Waals surface area contributed by atoms with Gasteiger partial charge in [0.05, 0.1) is 6.10 Å². The lowest BCUT2D eigenvalue weighted by Gasteiger charge is -2.49. The summed E-state index contributed by atoms with van der Waals surface area (Å²) in [5.41, 5.74) is 1.29. The van der Waals surface area contributed by atoms with E-state index in [2.05, 4.69) is 0 Å². The smallest absolute Gasteiger partial charge is 0.201 e. The van der Waals surface area contributed by atoms with Crippen LogP contribution in [-0.4, -0.2) is 34.0 Å². The molecule has 0 aromatic heterocycles. The van der Waals surface area contributed by atoms with Crippen molar-refractivity contribution in [2.75, 3.05) is 0 Å². The van der Waals surface area contributed by atoms with Gasteiger partial charge >= 0.3 is 0 Å². The van der Waals surface area contributed by atoms with Crippen LogP contribution in [0.2, 0.25) is 0 Å². The summed E-state index contributed by atoms with van der Waals surface area (Å²) in [6.45, 7) is 5.84. The molecule has 5 heteroatoms. The van der Waals surface area contributed by atoms with Crippen molar-refractivity contribution in [1.82, 2.24) is 0 Å². The molecule has 3 N–H and O–H groups in total. The molecular weight excluding hydrogens is 296 g/mol. The van der Waals surface area contributed by atoms with E-state index >= 15 is 0 Å². The van der Waals surface area contributed by atoms with Gasteiger partial charge in [-0.1, -0.05) is 20.8 Å². The van der Waals surface area contributed by atoms with E-state index in [9.17, 15) is 20.1 Å². The van der Waals surface area contributed by atoms with Crippen LogP contribution in [-0.2, 0) is 5.41 Å². The summed E-state index contributed by atoms with van der Waals surface area (Å²) >= 11 is 0. The predicted octanol–water partition coefficient (Wildman–Crippen LogP) is 2.46. The summed E-state index contributed by atoms with van der Waals surface area (Å²) in [4.78, 5) is 11.7. The standard InChI is InChI=1S/C18H24O5/c1-9(2)12-6-10(8-19)14-16(15(12)21)23-17(22)13-7-11(20)4-5-18(13,14)3/h6,8-9,11,13,17,20-22H,4-5,7H2,1-3H3. The van der Waals surface area contributed by atoms with Crippen molar-refractivity contribution in [3.63, 3.8) is 0 Å². The van der Waals surface area contributed by atoms with Gasteiger partial charge in [-0.2, -0.15) is 0 Å². The summed E-state index contributed by atoms with van der Waals surface area (Å²) in [6.07, 6.45) is 0.865. The SMILES string of the molecule is CC(C)c1cc(C=O)c2c(c1O)OC(O)C1CC(O)CCC21C. The zero-order valence-electron chi connectivity index (χ0n) is 13.7. The maximum absolute atomic E-state index is 11.7. The second-order valence-electron chi connectivity index (χ2n) is 7.34. The van der Waals surface area contributed by atoms with Gasteiger partial charge in [0.15, 0.2) is 17.8 Å². The number of aldehydes is 1. The lowest BCUT2D eigenvalue weighted by molar-refractivity contribution is -0.129. The van der Waals surface area contributed by atoms with Crippen LogP contribution in [0.4, 0.5) is 0 Å². The van der Waals surface area contributed by atoms with E-state index in [0.29, 0.717) is 36.0 Å². The number of phenolic OH excluding ortho intramolecular Hbond substituents is 1. The Hall–Kier alpha value is -1.59. The van der Waals surface area contributed by atoms with Crippen LogP contribution in [0.25, 0.3) is 0 Å². The van der Waals surface area contributed by atoms with E-state index in [1.54, 1.807) is 6.07 Å². The molecule has 126 valence electrons. The van der Waals surface area contributed by atoms with Crippen molar-refractivity contribution in [3.8, 4) is 11.5 Å². The Morgan fingerprint density at radius 1 is 1.39 bits per heavy atom. The Balaban J connectivity index is 2.25. The molecule has 4 atom stereocenters. The molecule has 0 saturated heterocycles. The molecule has 3 rings (SSSR count). The average molecular weight is 320 g/mol. The van der Waals surface area contributed by atoms with Gasteiger partial charge in [0, 0.05) is 28.0 Å². The minimum absolute atomic E-state index is 0.00504. The molecule has 1 aliphatic carbocycles. The Bertz CT molecular complexity index is 639. The van der Waals surface area contributed by atoms with E-state index < -0.39 is 17.8 Å². The van der Waals surface area contributed by atoms with Crippen LogP contribution < -0.4 is 4.74 Å². The Morgan fingerprint density at radius 3 is 2.70 bits per heavy atom. The van der Waals surface area contributed by atoms with Gasteiger partial charge < -0.3 is 20.1 Å². The number of aliphatic hydroxyl groups excluding tert-OH is 2. The van der Waals surface area contributed by atoms with Crippen LogP contribution in [0.15, 0.2) is 6.07 Å². The van der Waals surface area contributed by atoms with Crippen molar-refractivity contribution in [1.29, 1.82) is 0 Å². The molecule has 0 bridgehead atoms. The number of fused-ring (bicyclic) bond motifs is 3. The maximum atomic E-state index is 11.7. The third kappa shape index (κ3) is 2.34. The molecule has 4 unspecified atom stereocenters. The Labute approximate surface area is 135 Å². The minimum atomic E-state index is -1.10. The second-order valence-corrected chi connectivity index (χ2v) is 7.34. The van der Waals surface area contributed by atoms with Gasteiger partial charge in [-0.25, -0.2) is 0 Å². The zero-order chi connectivity index (χ0) is 16.9. The number of aromatic hydroxyl groups is 1. The normalized spacial score (nSPS) is 32.9. The van der Waals surface area contributed by atoms with Crippen molar-refractivity contribution in [2.45, 2.75) is 63.8 Å². The Kier molecular flexibility index (Phi) is 3.89. The zero-order valence-corrected chi connectivity index (χ0v) is 13.7. The quantitative estimate of drug-likeness (QED) is 0.729. The first-order chi connectivity index (χ1) is 10.8. The highest BCUT2D eigenvalue weighted by molar-refractivity contribution is 5.82. The second kappa shape index (κ2) is 5.49. The molecule has 1 aromatic carbocycles. The first-order valence-corrected chi connectivity index (χ1v) is 8.18. The summed E-state index contributed by atoms with van der Waals surface area (Å²) < 4.78 is 5.61. The highest BCUT2D eigenvalue weighted by Crippen LogP contribution is 2.56. The van der Waals surface area contributed by atoms with Crippen LogP contribution in [0.1, 0.15) is 67.4 Å². The van der Waals surface area contributed by atoms with E-state index in [0.717, 1.165) is 6.29 Å². The maximum Gasteiger partial charge on any atom is 0.201 e. The highest BCUT2D eigenvalue weighted by Gasteiger charge is 2.51. The molecule has 0 spiro atoms. The third-order valence-corrected chi connectivity index (χ3v) is 5.56. The number of carbonyl (C=O) groups is 1. The number of ether oxygens (including phenoxy) is 1. The van der Waals surface area contributed by atoms with E-state index in [1.807, 2.05) is 20.8 Å². The molecule has 1 saturated carbocycles. The number of rotatable bonds is 2. The topological polar surface area (TPSA) is 87.0 Å². The number of benzene rings is 1. The fraction of sp³-hybridized carbons (Fsp3) is 0.611. The molecule has 1 fully saturated rings. The molecule has 23 heavy (non-hydrogen) atoms. The van der Waals surface area contributed by atoms with Gasteiger partial charge in [0.25, 0.3) is 0 Å². The number of aliphatic hydroxyl groups is 2. The summed E-state index contributed by atoms with van der Waals surface area (Å²) in [7, 11) is 0. The first-order valence-electron chi connectivity index (χ1n) is 8.18. The number of hydrogen-bond acceptors (Lipinski definition) is 5. The van der Waals surface area contributed by atoms with Gasteiger partial charge in [-0.15, -0.1) is 0 Å².